The van der Waals surface area contributed by atoms with Crippen LogP contribution in [0.3, 0.4) is 0 Å². The Morgan fingerprint density at radius 2 is 2.15 bits per heavy atom. The van der Waals surface area contributed by atoms with Gasteiger partial charge in [0.25, 0.3) is 5.56 Å². The van der Waals surface area contributed by atoms with Gasteiger partial charge in [0.2, 0.25) is 11.6 Å². The molecule has 3 aliphatic rings. The normalized spacial score (nSPS) is 34.8. The Balaban J connectivity index is 1.36. The van der Waals surface area contributed by atoms with E-state index in [1.165, 1.54) is 5.57 Å². The number of anilines is 1. The van der Waals surface area contributed by atoms with E-state index in [0.717, 1.165) is 19.3 Å². The fourth-order valence-corrected chi connectivity index (χ4v) is 14.0. The van der Waals surface area contributed by atoms with Crippen molar-refractivity contribution >= 4 is 54.3 Å². The highest BCUT2D eigenvalue weighted by atomic mass is 32.9. The summed E-state index contributed by atoms with van der Waals surface area (Å²) in [5.41, 5.74) is 4.67. The molecule has 0 radical (unpaired) electrons. The number of nitrogen functional groups attached to an aromatic ring is 1. The van der Waals surface area contributed by atoms with Crippen LogP contribution in [0, 0.1) is 5.92 Å². The highest BCUT2D eigenvalue weighted by molar-refractivity contribution is 8.68. The zero-order valence-electron chi connectivity index (χ0n) is 24.4. The maximum Gasteiger partial charge on any atom is 0.280 e. The van der Waals surface area contributed by atoms with Crippen molar-refractivity contribution in [1.82, 2.24) is 19.5 Å². The van der Waals surface area contributed by atoms with Crippen LogP contribution in [0.4, 0.5) is 5.95 Å². The van der Waals surface area contributed by atoms with E-state index < -0.39 is 20.2 Å². The Bertz CT molecular complexity index is 1410. The Morgan fingerprint density at radius 1 is 1.43 bits per heavy atom. The molecule has 0 amide bonds. The van der Waals surface area contributed by atoms with Gasteiger partial charge in [0, 0.05) is 11.2 Å². The molecule has 5 rings (SSSR count). The lowest BCUT2D eigenvalue weighted by atomic mass is 9.77. The number of nitrogens with two attached hydrogens (primary N) is 1. The summed E-state index contributed by atoms with van der Waals surface area (Å²) in [6.07, 6.45) is 4.19. The number of nitrogens with zero attached hydrogens (tertiary/aromatic N) is 3. The molecule has 2 aromatic heterocycles. The number of aromatic amines is 1. The van der Waals surface area contributed by atoms with Gasteiger partial charge < -0.3 is 23.9 Å². The molecular formula is C26H42N5O5PS2Si. The second-order valence-electron chi connectivity index (χ2n) is 13.1. The summed E-state index contributed by atoms with van der Waals surface area (Å²) in [6, 6.07) is 0. The summed E-state index contributed by atoms with van der Waals surface area (Å²) in [5, 5.41) is 0.0161. The second-order valence-corrected chi connectivity index (χ2v) is 24.5. The van der Waals surface area contributed by atoms with Crippen LogP contribution in [-0.2, 0) is 30.0 Å². The summed E-state index contributed by atoms with van der Waals surface area (Å²) in [6.45, 7) is 19.9. The Labute approximate surface area is 246 Å². The molecule has 0 bridgehead atoms. The highest BCUT2D eigenvalue weighted by Crippen LogP contribution is 2.75. The van der Waals surface area contributed by atoms with Gasteiger partial charge in [-0.05, 0) is 69.0 Å². The van der Waals surface area contributed by atoms with Crippen LogP contribution < -0.4 is 11.3 Å². The Hall–Kier alpha value is -1.05. The molecule has 4 heterocycles. The van der Waals surface area contributed by atoms with Crippen LogP contribution in [0.5, 0.6) is 0 Å². The average molecular weight is 628 g/mol. The first kappa shape index (κ1) is 30.4. The number of allylic oxidation sites excluding steroid dienone is 1. The van der Waals surface area contributed by atoms with Gasteiger partial charge in [-0.3, -0.25) is 14.3 Å². The lowest BCUT2D eigenvalue weighted by Crippen LogP contribution is -2.46. The van der Waals surface area contributed by atoms with Crippen molar-refractivity contribution in [2.24, 2.45) is 5.92 Å². The van der Waals surface area contributed by atoms with Crippen molar-refractivity contribution in [3.63, 3.8) is 0 Å². The van der Waals surface area contributed by atoms with Crippen LogP contribution in [0.25, 0.3) is 11.2 Å². The molecule has 2 aliphatic heterocycles. The molecule has 1 aliphatic carbocycles. The van der Waals surface area contributed by atoms with E-state index in [9.17, 15) is 4.79 Å². The lowest BCUT2D eigenvalue weighted by Gasteiger charge is -2.39. The minimum absolute atomic E-state index is 0.0161. The topological polar surface area (TPSA) is 127 Å². The van der Waals surface area contributed by atoms with Gasteiger partial charge in [0.1, 0.15) is 12.3 Å². The molecule has 222 valence electrons. The van der Waals surface area contributed by atoms with Gasteiger partial charge in [-0.1, -0.05) is 44.3 Å². The predicted octanol–water partition coefficient (Wildman–Crippen LogP) is 5.89. The first-order valence-corrected chi connectivity index (χ1v) is 20.8. The van der Waals surface area contributed by atoms with Gasteiger partial charge in [-0.15, -0.1) is 0 Å². The third-order valence-corrected chi connectivity index (χ3v) is 19.4. The van der Waals surface area contributed by atoms with E-state index in [0.29, 0.717) is 18.0 Å². The maximum absolute atomic E-state index is 12.4. The fourth-order valence-electron chi connectivity index (χ4n) is 5.46. The van der Waals surface area contributed by atoms with E-state index in [2.05, 4.69) is 69.2 Å². The number of ether oxygens (including phenoxy) is 1. The monoisotopic (exact) mass is 627 g/mol. The third-order valence-electron chi connectivity index (χ3n) is 9.03. The number of rotatable bonds is 7. The number of hydrogen-bond donors (Lipinski definition) is 2. The smallest absolute Gasteiger partial charge is 0.280 e. The number of nitrogens with one attached hydrogen (secondary N) is 1. The van der Waals surface area contributed by atoms with Crippen LogP contribution >= 0.6 is 17.1 Å². The third kappa shape index (κ3) is 5.77. The van der Waals surface area contributed by atoms with Crippen molar-refractivity contribution in [3.05, 3.63) is 28.8 Å². The van der Waals surface area contributed by atoms with E-state index in [-0.39, 0.29) is 51.7 Å². The molecular weight excluding hydrogens is 586 g/mol. The highest BCUT2D eigenvalue weighted by Gasteiger charge is 2.54. The molecule has 7 atom stereocenters. The molecule has 0 spiro atoms. The van der Waals surface area contributed by atoms with Gasteiger partial charge in [-0.2, -0.15) is 4.98 Å². The number of fused-ring (bicyclic) bond motifs is 2. The summed E-state index contributed by atoms with van der Waals surface area (Å²) in [7, 11) is -2.15. The van der Waals surface area contributed by atoms with Gasteiger partial charge >= 0.3 is 0 Å². The Kier molecular flexibility index (Phi) is 8.05. The zero-order valence-corrected chi connectivity index (χ0v) is 28.0. The molecule has 3 fully saturated rings. The van der Waals surface area contributed by atoms with E-state index >= 15 is 0 Å². The van der Waals surface area contributed by atoms with Crippen LogP contribution in [-0.4, -0.2) is 57.5 Å². The van der Waals surface area contributed by atoms with Crippen molar-refractivity contribution in [2.75, 3.05) is 12.3 Å². The largest absolute Gasteiger partial charge is 0.411 e. The molecule has 40 heavy (non-hydrogen) atoms. The van der Waals surface area contributed by atoms with Crippen LogP contribution in [0.15, 0.2) is 23.3 Å². The van der Waals surface area contributed by atoms with Crippen LogP contribution in [0.1, 0.15) is 66.5 Å². The second kappa shape index (κ2) is 10.6. The standard InChI is InChI=1S/C26H42N5O5PS2Si/c1-15(2)16-9-10-26(6)19(11-16)35-37(38,39-26)33-13-18-17(36-40(7,8)25(3,4)5)12-20(34-18)31-14-28-21-22(31)29-24(27)30-23(21)32/h14,16-20H,1,9-13H2,2-8H3,(H3,27,29,30,32)/t16-,17+,18-,19+,20-,26+,37+/m1/s1. The minimum Gasteiger partial charge on any atom is -0.411 e. The number of imidazole rings is 1. The molecule has 0 unspecified atom stereocenters. The quantitative estimate of drug-likeness (QED) is 0.218. The molecule has 10 nitrogen and oxygen atoms in total. The molecule has 3 N–H and O–H groups in total. The first-order valence-electron chi connectivity index (χ1n) is 13.8. The molecule has 0 aromatic carbocycles. The van der Waals surface area contributed by atoms with Gasteiger partial charge in [0.15, 0.2) is 19.5 Å². The average Bonchev–Trinajstić information content (AvgIpc) is 3.49. The van der Waals surface area contributed by atoms with Crippen molar-refractivity contribution in [1.29, 1.82) is 0 Å². The fraction of sp³-hybridized carbons (Fsp3) is 0.731. The predicted molar refractivity (Wildman–Crippen MR) is 166 cm³/mol. The molecule has 2 saturated heterocycles. The van der Waals surface area contributed by atoms with Crippen molar-refractivity contribution in [3.8, 4) is 0 Å². The maximum atomic E-state index is 12.4. The van der Waals surface area contributed by atoms with Crippen molar-refractivity contribution in [2.45, 2.75) is 108 Å². The van der Waals surface area contributed by atoms with E-state index in [1.807, 2.05) is 0 Å². The van der Waals surface area contributed by atoms with Gasteiger partial charge in [-0.25, -0.2) is 4.98 Å². The Morgan fingerprint density at radius 3 is 2.83 bits per heavy atom. The number of aromatic nitrogens is 4. The molecule has 14 heteroatoms. The molecule has 1 saturated carbocycles. The number of H-pyrrole nitrogens is 1. The summed E-state index contributed by atoms with van der Waals surface area (Å²) in [4.78, 5) is 23.5. The van der Waals surface area contributed by atoms with Crippen molar-refractivity contribution < 1.29 is 18.2 Å². The first-order chi connectivity index (χ1) is 18.5. The summed E-state index contributed by atoms with van der Waals surface area (Å²) in [5.74, 6) is 0.490. The summed E-state index contributed by atoms with van der Waals surface area (Å²) < 4.78 is 28.2. The van der Waals surface area contributed by atoms with Gasteiger partial charge in [0.05, 0.1) is 25.1 Å². The van der Waals surface area contributed by atoms with E-state index in [1.54, 1.807) is 22.3 Å². The molecule has 2 aromatic rings. The SMILES string of the molecule is C=C(C)[C@@H]1CC[C@]2(C)S[P@@](=S)(OC[C@H]3O[C@@H](n4cnc5c(=O)[nH]c(N)nc54)C[C@@H]3O[Si](C)(C)C(C)(C)C)O[C@H]2C1. The van der Waals surface area contributed by atoms with E-state index in [4.69, 9.17) is 35.8 Å². The van der Waals surface area contributed by atoms with Crippen LogP contribution in [0.2, 0.25) is 18.1 Å². The number of hydrogen-bond acceptors (Lipinski definition) is 10. The zero-order chi connectivity index (χ0) is 29.3. The summed E-state index contributed by atoms with van der Waals surface area (Å²) >= 11 is 7.75. The lowest BCUT2D eigenvalue weighted by molar-refractivity contribution is -0.0367. The minimum atomic E-state index is -2.59.